The first-order chi connectivity index (χ1) is 11.2. The van der Waals surface area contributed by atoms with Crippen molar-refractivity contribution in [2.45, 2.75) is 25.2 Å². The smallest absolute Gasteiger partial charge is 0.258 e. The molecule has 5 nitrogen and oxygen atoms in total. The summed E-state index contributed by atoms with van der Waals surface area (Å²) >= 11 is 0. The third-order valence-corrected chi connectivity index (χ3v) is 4.56. The first-order valence-electron chi connectivity index (χ1n) is 7.89. The lowest BCUT2D eigenvalue weighted by molar-refractivity contribution is 0.0989. The van der Waals surface area contributed by atoms with E-state index in [1.165, 1.54) is 6.07 Å². The molecule has 1 fully saturated rings. The Bertz CT molecular complexity index is 836. The van der Waals surface area contributed by atoms with E-state index in [4.69, 9.17) is 4.74 Å². The molecule has 5 heteroatoms. The molecule has 0 bridgehead atoms. The van der Waals surface area contributed by atoms with Crippen molar-refractivity contribution in [3.05, 3.63) is 57.5 Å². The second-order valence-electron chi connectivity index (χ2n) is 6.16. The summed E-state index contributed by atoms with van der Waals surface area (Å²) in [4.78, 5) is 29.3. The highest BCUT2D eigenvalue weighted by molar-refractivity contribution is 6.07. The van der Waals surface area contributed by atoms with Crippen LogP contribution in [0.1, 0.15) is 40.4 Å². The molecule has 1 aliphatic heterocycles. The van der Waals surface area contributed by atoms with Crippen molar-refractivity contribution in [2.24, 2.45) is 0 Å². The van der Waals surface area contributed by atoms with Gasteiger partial charge in [0.25, 0.3) is 5.91 Å². The van der Waals surface area contributed by atoms with E-state index in [-0.39, 0.29) is 11.5 Å². The molecule has 4 rings (SSSR count). The molecule has 0 spiro atoms. The largest absolute Gasteiger partial charge is 0.497 e. The number of hydrogen-bond acceptors (Lipinski definition) is 3. The molecule has 1 N–H and O–H groups in total. The number of nitrogens with zero attached hydrogens (tertiary/aromatic N) is 1. The Kier molecular flexibility index (Phi) is 3.22. The minimum atomic E-state index is -0.202. The molecule has 1 aromatic carbocycles. The lowest BCUT2D eigenvalue weighted by atomic mass is 10.1. The van der Waals surface area contributed by atoms with E-state index in [0.29, 0.717) is 18.0 Å². The highest BCUT2D eigenvalue weighted by Crippen LogP contribution is 2.39. The van der Waals surface area contributed by atoms with E-state index in [9.17, 15) is 9.59 Å². The Balaban J connectivity index is 1.68. The van der Waals surface area contributed by atoms with Crippen LogP contribution < -0.4 is 15.2 Å². The van der Waals surface area contributed by atoms with Crippen LogP contribution in [0.15, 0.2) is 35.1 Å². The van der Waals surface area contributed by atoms with Crippen molar-refractivity contribution < 1.29 is 9.53 Å². The number of carbonyl (C=O) groups excluding carboxylic acids is 1. The van der Waals surface area contributed by atoms with Gasteiger partial charge in [-0.05, 0) is 55.0 Å². The van der Waals surface area contributed by atoms with Crippen LogP contribution in [-0.4, -0.2) is 24.5 Å². The number of aromatic nitrogens is 1. The molecule has 1 saturated carbocycles. The van der Waals surface area contributed by atoms with Crippen LogP contribution in [0.4, 0.5) is 5.69 Å². The summed E-state index contributed by atoms with van der Waals surface area (Å²) in [6.45, 7) is 0.632. The van der Waals surface area contributed by atoms with Gasteiger partial charge in [-0.15, -0.1) is 0 Å². The summed E-state index contributed by atoms with van der Waals surface area (Å²) in [5.41, 5.74) is 3.16. The van der Waals surface area contributed by atoms with Gasteiger partial charge in [0.15, 0.2) is 0 Å². The molecular formula is C18H18N2O3. The van der Waals surface area contributed by atoms with Gasteiger partial charge < -0.3 is 14.6 Å². The molecular weight excluding hydrogens is 292 g/mol. The first kappa shape index (κ1) is 14.1. The van der Waals surface area contributed by atoms with E-state index < -0.39 is 0 Å². The van der Waals surface area contributed by atoms with Crippen LogP contribution in [0, 0.1) is 0 Å². The molecule has 0 atom stereocenters. The minimum absolute atomic E-state index is 0.109. The van der Waals surface area contributed by atoms with Crippen LogP contribution in [0.5, 0.6) is 5.75 Å². The molecule has 0 unspecified atom stereocenters. The third-order valence-electron chi connectivity index (χ3n) is 4.56. The normalized spacial score (nSPS) is 16.3. The number of fused-ring (bicyclic) bond motifs is 1. The second kappa shape index (κ2) is 5.26. The molecule has 1 aromatic heterocycles. The fourth-order valence-corrected chi connectivity index (χ4v) is 3.17. The maximum Gasteiger partial charge on any atom is 0.258 e. The SMILES string of the molecule is COc1ccc2c(c1)CCN2C(=O)c1cc(C2CC2)[nH]c(=O)c1. The van der Waals surface area contributed by atoms with Crippen LogP contribution in [0.3, 0.4) is 0 Å². The molecule has 2 aromatic rings. The number of rotatable bonds is 3. The van der Waals surface area contributed by atoms with Crippen molar-refractivity contribution in [3.8, 4) is 5.75 Å². The Morgan fingerprint density at radius 3 is 2.83 bits per heavy atom. The van der Waals surface area contributed by atoms with Crippen LogP contribution in [-0.2, 0) is 6.42 Å². The molecule has 2 heterocycles. The number of methoxy groups -OCH3 is 1. The summed E-state index contributed by atoms with van der Waals surface area (Å²) in [5, 5.41) is 0. The van der Waals surface area contributed by atoms with Gasteiger partial charge in [0.2, 0.25) is 5.56 Å². The minimum Gasteiger partial charge on any atom is -0.497 e. The summed E-state index contributed by atoms with van der Waals surface area (Å²) in [6, 6.07) is 8.97. The molecule has 2 aliphatic rings. The summed E-state index contributed by atoms with van der Waals surface area (Å²) in [5.74, 6) is 1.10. The van der Waals surface area contributed by atoms with E-state index in [0.717, 1.165) is 42.0 Å². The van der Waals surface area contributed by atoms with E-state index in [1.807, 2.05) is 24.3 Å². The number of anilines is 1. The average Bonchev–Trinajstić information content (AvgIpc) is 3.33. The molecule has 1 aliphatic carbocycles. The number of carbonyl (C=O) groups is 1. The Hall–Kier alpha value is -2.56. The van der Waals surface area contributed by atoms with Gasteiger partial charge in [0, 0.05) is 29.6 Å². The number of nitrogens with one attached hydrogen (secondary N) is 1. The monoisotopic (exact) mass is 310 g/mol. The third kappa shape index (κ3) is 2.52. The molecule has 23 heavy (non-hydrogen) atoms. The van der Waals surface area contributed by atoms with Crippen molar-refractivity contribution in [3.63, 3.8) is 0 Å². The number of aromatic amines is 1. The highest BCUT2D eigenvalue weighted by Gasteiger charge is 2.29. The molecule has 1 amide bonds. The van der Waals surface area contributed by atoms with Crippen molar-refractivity contribution in [2.75, 3.05) is 18.6 Å². The van der Waals surface area contributed by atoms with Gasteiger partial charge in [0.1, 0.15) is 5.75 Å². The Morgan fingerprint density at radius 2 is 2.09 bits per heavy atom. The standard InChI is InChI=1S/C18H18N2O3/c1-23-14-4-5-16-12(8-14)6-7-20(16)18(22)13-9-15(11-2-3-11)19-17(21)10-13/h4-5,8-11H,2-3,6-7H2,1H3,(H,19,21). The van der Waals surface area contributed by atoms with Gasteiger partial charge >= 0.3 is 0 Å². The number of H-pyrrole nitrogens is 1. The van der Waals surface area contributed by atoms with Crippen LogP contribution in [0.25, 0.3) is 0 Å². The first-order valence-corrected chi connectivity index (χ1v) is 7.89. The van der Waals surface area contributed by atoms with E-state index in [1.54, 1.807) is 12.0 Å². The number of ether oxygens (including phenoxy) is 1. The van der Waals surface area contributed by atoms with Gasteiger partial charge in [-0.2, -0.15) is 0 Å². The van der Waals surface area contributed by atoms with Gasteiger partial charge in [-0.25, -0.2) is 0 Å². The van der Waals surface area contributed by atoms with E-state index in [2.05, 4.69) is 4.98 Å². The predicted octanol–water partition coefficient (Wildman–Crippen LogP) is 2.46. The maximum atomic E-state index is 12.9. The highest BCUT2D eigenvalue weighted by atomic mass is 16.5. The number of hydrogen-bond donors (Lipinski definition) is 1. The fraction of sp³-hybridized carbons (Fsp3) is 0.333. The number of amides is 1. The van der Waals surface area contributed by atoms with Crippen molar-refractivity contribution >= 4 is 11.6 Å². The quantitative estimate of drug-likeness (QED) is 0.947. The maximum absolute atomic E-state index is 12.9. The summed E-state index contributed by atoms with van der Waals surface area (Å²) < 4.78 is 5.24. The van der Waals surface area contributed by atoms with Crippen LogP contribution in [0.2, 0.25) is 0 Å². The Labute approximate surface area is 133 Å². The lowest BCUT2D eigenvalue weighted by Crippen LogP contribution is -2.30. The van der Waals surface area contributed by atoms with Gasteiger partial charge in [-0.3, -0.25) is 9.59 Å². The summed E-state index contributed by atoms with van der Waals surface area (Å²) in [7, 11) is 1.63. The van der Waals surface area contributed by atoms with Crippen LogP contribution >= 0.6 is 0 Å². The van der Waals surface area contributed by atoms with Gasteiger partial charge in [0.05, 0.1) is 7.11 Å². The second-order valence-corrected chi connectivity index (χ2v) is 6.16. The topological polar surface area (TPSA) is 62.4 Å². The number of pyridine rings is 1. The van der Waals surface area contributed by atoms with Crippen molar-refractivity contribution in [1.82, 2.24) is 4.98 Å². The average molecular weight is 310 g/mol. The lowest BCUT2D eigenvalue weighted by Gasteiger charge is -2.18. The molecule has 118 valence electrons. The molecule has 0 radical (unpaired) electrons. The van der Waals surface area contributed by atoms with Gasteiger partial charge in [-0.1, -0.05) is 0 Å². The predicted molar refractivity (Wildman–Crippen MR) is 87.4 cm³/mol. The zero-order valence-electron chi connectivity index (χ0n) is 13.0. The fourth-order valence-electron chi connectivity index (χ4n) is 3.17. The number of benzene rings is 1. The van der Waals surface area contributed by atoms with Crippen molar-refractivity contribution in [1.29, 1.82) is 0 Å². The zero-order valence-corrected chi connectivity index (χ0v) is 13.0. The Morgan fingerprint density at radius 1 is 1.26 bits per heavy atom. The zero-order chi connectivity index (χ0) is 16.0. The molecule has 0 saturated heterocycles. The summed E-state index contributed by atoms with van der Waals surface area (Å²) in [6.07, 6.45) is 2.97. The van der Waals surface area contributed by atoms with E-state index >= 15 is 0 Å².